The number of imidazole rings is 1. The van der Waals surface area contributed by atoms with Gasteiger partial charge in [0.05, 0.1) is 5.69 Å². The average molecular weight is 467 g/mol. The van der Waals surface area contributed by atoms with E-state index in [9.17, 15) is 9.18 Å². The number of benzene rings is 2. The monoisotopic (exact) mass is 466 g/mol. The van der Waals surface area contributed by atoms with Crippen LogP contribution in [0.25, 0.3) is 22.1 Å². The number of fused-ring (bicyclic) bond motifs is 2. The normalized spacial score (nSPS) is 13.9. The molecule has 0 atom stereocenters. The predicted octanol–water partition coefficient (Wildman–Crippen LogP) is 5.46. The minimum absolute atomic E-state index is 0.0283. The van der Waals surface area contributed by atoms with Crippen molar-refractivity contribution in [3.05, 3.63) is 108 Å². The number of ether oxygens (including phenoxy) is 1. The number of carbonyl (C=O) groups excluding carboxylic acids is 1. The van der Waals surface area contributed by atoms with Crippen molar-refractivity contribution in [3.63, 3.8) is 0 Å². The maximum absolute atomic E-state index is 13.5. The van der Waals surface area contributed by atoms with E-state index in [-0.39, 0.29) is 11.7 Å². The summed E-state index contributed by atoms with van der Waals surface area (Å²) < 4.78 is 21.4. The number of hydrogen-bond donors (Lipinski definition) is 1. The predicted molar refractivity (Wildman–Crippen MR) is 133 cm³/mol. The van der Waals surface area contributed by atoms with Crippen LogP contribution < -0.4 is 4.74 Å². The maximum atomic E-state index is 13.5. The molecule has 1 amide bonds. The molecule has 2 aromatic carbocycles. The van der Waals surface area contributed by atoms with Gasteiger partial charge in [-0.25, -0.2) is 9.37 Å². The Morgan fingerprint density at radius 2 is 2.06 bits per heavy atom. The van der Waals surface area contributed by atoms with Crippen molar-refractivity contribution >= 4 is 28.0 Å². The lowest BCUT2D eigenvalue weighted by atomic mass is 9.98. The van der Waals surface area contributed by atoms with Gasteiger partial charge in [0, 0.05) is 53.7 Å². The largest absolute Gasteiger partial charge is 0.487 e. The average Bonchev–Trinajstić information content (AvgIpc) is 3.51. The van der Waals surface area contributed by atoms with Crippen LogP contribution in [0, 0.1) is 5.82 Å². The molecule has 1 aliphatic rings. The third-order valence-corrected chi connectivity index (χ3v) is 6.37. The van der Waals surface area contributed by atoms with Gasteiger partial charge in [0.2, 0.25) is 0 Å². The molecule has 0 radical (unpaired) electrons. The summed E-state index contributed by atoms with van der Waals surface area (Å²) in [5.41, 5.74) is 5.29. The third-order valence-electron chi connectivity index (χ3n) is 6.37. The van der Waals surface area contributed by atoms with Gasteiger partial charge in [0.25, 0.3) is 5.91 Å². The first-order chi connectivity index (χ1) is 17.1. The summed E-state index contributed by atoms with van der Waals surface area (Å²) in [4.78, 5) is 22.7. The molecule has 6 rings (SSSR count). The van der Waals surface area contributed by atoms with Gasteiger partial charge in [-0.3, -0.25) is 4.79 Å². The molecule has 35 heavy (non-hydrogen) atoms. The summed E-state index contributed by atoms with van der Waals surface area (Å²) in [6, 6.07) is 17.9. The van der Waals surface area contributed by atoms with Crippen molar-refractivity contribution in [2.75, 3.05) is 13.1 Å². The Hall–Kier alpha value is -4.39. The van der Waals surface area contributed by atoms with Crippen LogP contribution in [-0.2, 0) is 6.61 Å². The molecule has 0 aliphatic carbocycles. The molecule has 4 heterocycles. The van der Waals surface area contributed by atoms with Gasteiger partial charge in [0.1, 0.15) is 23.8 Å². The number of amides is 1. The summed E-state index contributed by atoms with van der Waals surface area (Å²) in [6.07, 6.45) is 8.61. The van der Waals surface area contributed by atoms with Gasteiger partial charge in [0.15, 0.2) is 0 Å². The third kappa shape index (κ3) is 4.17. The summed E-state index contributed by atoms with van der Waals surface area (Å²) >= 11 is 0. The minimum atomic E-state index is -0.259. The minimum Gasteiger partial charge on any atom is -0.487 e. The highest BCUT2D eigenvalue weighted by atomic mass is 19.1. The fraction of sp³-hybridized carbons (Fsp3) is 0.143. The first kappa shape index (κ1) is 21.2. The number of rotatable bonds is 5. The Bertz CT molecular complexity index is 1550. The molecule has 0 saturated carbocycles. The Morgan fingerprint density at radius 3 is 2.91 bits per heavy atom. The van der Waals surface area contributed by atoms with E-state index in [0.29, 0.717) is 31.0 Å². The summed E-state index contributed by atoms with van der Waals surface area (Å²) in [5, 5.41) is 0.993. The Kier molecular flexibility index (Phi) is 5.29. The summed E-state index contributed by atoms with van der Waals surface area (Å²) in [6.45, 7) is 1.46. The zero-order valence-electron chi connectivity index (χ0n) is 18.9. The van der Waals surface area contributed by atoms with Gasteiger partial charge in [-0.1, -0.05) is 18.2 Å². The number of nitrogens with zero attached hydrogens (tertiary/aromatic N) is 3. The van der Waals surface area contributed by atoms with Crippen LogP contribution in [0.5, 0.6) is 5.75 Å². The molecule has 6 nitrogen and oxygen atoms in total. The first-order valence-corrected chi connectivity index (χ1v) is 11.5. The van der Waals surface area contributed by atoms with Crippen LogP contribution in [0.1, 0.15) is 28.0 Å². The topological polar surface area (TPSA) is 62.6 Å². The number of halogens is 1. The number of aromatic nitrogens is 3. The zero-order valence-corrected chi connectivity index (χ0v) is 18.9. The highest BCUT2D eigenvalue weighted by Crippen LogP contribution is 2.30. The van der Waals surface area contributed by atoms with Gasteiger partial charge < -0.3 is 19.0 Å². The van der Waals surface area contributed by atoms with E-state index >= 15 is 0 Å². The molecule has 174 valence electrons. The van der Waals surface area contributed by atoms with Crippen molar-refractivity contribution in [2.24, 2.45) is 0 Å². The molecular formula is C28H23FN4O2. The number of nitrogens with one attached hydrogen (secondary N) is 1. The van der Waals surface area contributed by atoms with Crippen LogP contribution in [-0.4, -0.2) is 38.3 Å². The highest BCUT2D eigenvalue weighted by molar-refractivity contribution is 5.96. The summed E-state index contributed by atoms with van der Waals surface area (Å²) in [5.74, 6) is 0.344. The zero-order chi connectivity index (χ0) is 23.8. The van der Waals surface area contributed by atoms with Gasteiger partial charge in [-0.15, -0.1) is 0 Å². The Morgan fingerprint density at radius 1 is 1.11 bits per heavy atom. The second-order valence-corrected chi connectivity index (χ2v) is 8.64. The standard InChI is InChI=1S/C28H23FN4O2/c29-21-7-8-24-25(16-30-26(24)15-21)19-9-12-32(13-10-19)28(34)20-4-3-5-23(14-20)35-18-22-17-33-11-2-1-6-27(33)31-22/h1-9,11,14-17,30H,10,12-13,18H2. The number of carbonyl (C=O) groups is 1. The molecule has 0 saturated heterocycles. The lowest BCUT2D eigenvalue weighted by Gasteiger charge is -2.26. The molecule has 0 spiro atoms. The molecular weight excluding hydrogens is 443 g/mol. The number of aromatic amines is 1. The van der Waals surface area contributed by atoms with Gasteiger partial charge in [-0.05, 0) is 60.5 Å². The van der Waals surface area contributed by atoms with Gasteiger partial charge in [-0.2, -0.15) is 0 Å². The lowest BCUT2D eigenvalue weighted by Crippen LogP contribution is -2.34. The number of hydrogen-bond acceptors (Lipinski definition) is 3. The first-order valence-electron chi connectivity index (χ1n) is 11.5. The van der Waals surface area contributed by atoms with Crippen molar-refractivity contribution in [1.29, 1.82) is 0 Å². The fourth-order valence-electron chi connectivity index (χ4n) is 4.58. The van der Waals surface area contributed by atoms with Crippen LogP contribution in [0.2, 0.25) is 0 Å². The van der Waals surface area contributed by atoms with E-state index in [1.807, 2.05) is 64.3 Å². The SMILES string of the molecule is O=C(c1cccc(OCc2cn3ccccc3n2)c1)N1CC=C(c2c[nH]c3cc(F)ccc23)CC1. The molecule has 0 bridgehead atoms. The Labute approximate surface area is 201 Å². The molecule has 5 aromatic rings. The number of H-pyrrole nitrogens is 1. The molecule has 7 heteroatoms. The smallest absolute Gasteiger partial charge is 0.254 e. The summed E-state index contributed by atoms with van der Waals surface area (Å²) in [7, 11) is 0. The van der Waals surface area contributed by atoms with Crippen LogP contribution in [0.4, 0.5) is 4.39 Å². The fourth-order valence-corrected chi connectivity index (χ4v) is 4.58. The van der Waals surface area contributed by atoms with E-state index < -0.39 is 0 Å². The lowest BCUT2D eigenvalue weighted by molar-refractivity contribution is 0.0772. The molecule has 1 N–H and O–H groups in total. The van der Waals surface area contributed by atoms with Crippen molar-refractivity contribution < 1.29 is 13.9 Å². The van der Waals surface area contributed by atoms with Gasteiger partial charge >= 0.3 is 0 Å². The van der Waals surface area contributed by atoms with Crippen LogP contribution in [0.3, 0.4) is 0 Å². The second-order valence-electron chi connectivity index (χ2n) is 8.64. The number of pyridine rings is 1. The van der Waals surface area contributed by atoms with Crippen molar-refractivity contribution in [3.8, 4) is 5.75 Å². The maximum Gasteiger partial charge on any atom is 0.254 e. The van der Waals surface area contributed by atoms with E-state index in [1.165, 1.54) is 12.1 Å². The molecule has 1 aliphatic heterocycles. The van der Waals surface area contributed by atoms with Crippen molar-refractivity contribution in [2.45, 2.75) is 13.0 Å². The van der Waals surface area contributed by atoms with E-state index in [1.54, 1.807) is 12.1 Å². The quantitative estimate of drug-likeness (QED) is 0.374. The molecule has 0 unspecified atom stereocenters. The van der Waals surface area contributed by atoms with E-state index in [4.69, 9.17) is 4.74 Å². The van der Waals surface area contributed by atoms with E-state index in [0.717, 1.165) is 39.8 Å². The molecule has 3 aromatic heterocycles. The second kappa shape index (κ2) is 8.76. The Balaban J connectivity index is 1.13. The van der Waals surface area contributed by atoms with Crippen LogP contribution in [0.15, 0.2) is 85.3 Å². The van der Waals surface area contributed by atoms with E-state index in [2.05, 4.69) is 16.0 Å². The molecule has 0 fully saturated rings. The van der Waals surface area contributed by atoms with Crippen molar-refractivity contribution in [1.82, 2.24) is 19.3 Å². The van der Waals surface area contributed by atoms with Crippen LogP contribution >= 0.6 is 0 Å². The highest BCUT2D eigenvalue weighted by Gasteiger charge is 2.21.